The number of anilines is 1. The van der Waals surface area contributed by atoms with Crippen molar-refractivity contribution in [2.45, 2.75) is 11.8 Å². The average molecular weight is 350 g/mol. The van der Waals surface area contributed by atoms with Crippen LogP contribution in [0, 0.1) is 0 Å². The Balaban J connectivity index is 2.08. The van der Waals surface area contributed by atoms with Gasteiger partial charge in [-0.15, -0.1) is 0 Å². The number of nitrogens with one attached hydrogen (secondary N) is 1. The Morgan fingerprint density at radius 3 is 2.43 bits per heavy atom. The number of Topliss-reactive ketones (excluding diaryl/α,β-unsaturated/α-hetero) is 1. The van der Waals surface area contributed by atoms with E-state index < -0.39 is 10.0 Å². The molecule has 1 aromatic carbocycles. The van der Waals surface area contributed by atoms with Crippen LogP contribution in [0.25, 0.3) is 0 Å². The molecular formula is C15H14N2O4S2. The van der Waals surface area contributed by atoms with Crippen molar-refractivity contribution in [2.75, 3.05) is 10.5 Å². The van der Waals surface area contributed by atoms with E-state index in [0.29, 0.717) is 11.3 Å². The smallest absolute Gasteiger partial charge is 0.263 e. The highest BCUT2D eigenvalue weighted by Gasteiger charge is 2.14. The van der Waals surface area contributed by atoms with Gasteiger partial charge in [-0.3, -0.25) is 19.3 Å². The molecule has 0 aliphatic heterocycles. The van der Waals surface area contributed by atoms with Gasteiger partial charge in [-0.2, -0.15) is 0 Å². The van der Waals surface area contributed by atoms with Crippen LogP contribution in [-0.4, -0.2) is 30.1 Å². The van der Waals surface area contributed by atoms with Crippen molar-refractivity contribution < 1.29 is 18.0 Å². The van der Waals surface area contributed by atoms with Gasteiger partial charge < -0.3 is 0 Å². The number of hydrogen-bond donors (Lipinski definition) is 1. The molecule has 0 fully saturated rings. The number of pyridine rings is 1. The first-order chi connectivity index (χ1) is 10.9. The van der Waals surface area contributed by atoms with Crippen LogP contribution in [0.1, 0.15) is 17.3 Å². The third kappa shape index (κ3) is 4.90. The molecule has 0 spiro atoms. The lowest BCUT2D eigenvalue weighted by Crippen LogP contribution is -2.13. The summed E-state index contributed by atoms with van der Waals surface area (Å²) in [6.45, 7) is 1.40. The van der Waals surface area contributed by atoms with E-state index in [4.69, 9.17) is 0 Å². The number of carbonyl (C=O) groups is 2. The number of benzene rings is 1. The molecule has 0 unspecified atom stereocenters. The number of nitrogens with zero attached hydrogens (tertiary/aromatic N) is 1. The van der Waals surface area contributed by atoms with Crippen LogP contribution in [0.4, 0.5) is 5.69 Å². The van der Waals surface area contributed by atoms with Crippen LogP contribution in [0.2, 0.25) is 0 Å². The van der Waals surface area contributed by atoms with Crippen molar-refractivity contribution in [3.8, 4) is 0 Å². The molecule has 1 aromatic heterocycles. The molecule has 0 aliphatic carbocycles. The molecule has 8 heteroatoms. The van der Waals surface area contributed by atoms with E-state index >= 15 is 0 Å². The zero-order valence-corrected chi connectivity index (χ0v) is 13.9. The predicted molar refractivity (Wildman–Crippen MR) is 89.0 cm³/mol. The highest BCUT2D eigenvalue weighted by atomic mass is 32.2. The quantitative estimate of drug-likeness (QED) is 0.804. The lowest BCUT2D eigenvalue weighted by Gasteiger charge is -2.08. The Morgan fingerprint density at radius 2 is 1.87 bits per heavy atom. The minimum absolute atomic E-state index is 0.0537. The Kier molecular flexibility index (Phi) is 5.51. The lowest BCUT2D eigenvalue weighted by atomic mass is 10.1. The maximum Gasteiger partial charge on any atom is 0.263 e. The van der Waals surface area contributed by atoms with E-state index in [1.54, 1.807) is 0 Å². The number of hydrogen-bond acceptors (Lipinski definition) is 6. The summed E-state index contributed by atoms with van der Waals surface area (Å²) in [5.74, 6) is -0.123. The molecule has 2 aromatic rings. The molecule has 1 heterocycles. The SMILES string of the molecule is CC(=O)SCC(=O)c1ccc(NS(=O)(=O)c2cccnc2)cc1. The van der Waals surface area contributed by atoms with Crippen molar-refractivity contribution in [1.82, 2.24) is 4.98 Å². The number of aromatic nitrogens is 1. The fourth-order valence-electron chi connectivity index (χ4n) is 1.69. The van der Waals surface area contributed by atoms with E-state index in [1.165, 1.54) is 55.7 Å². The fourth-order valence-corrected chi connectivity index (χ4v) is 3.22. The molecule has 0 amide bonds. The summed E-state index contributed by atoms with van der Waals surface area (Å²) in [4.78, 5) is 26.5. The zero-order chi connectivity index (χ0) is 16.9. The Bertz CT molecular complexity index is 803. The number of thioether (sulfide) groups is 1. The van der Waals surface area contributed by atoms with Crippen LogP contribution < -0.4 is 4.72 Å². The van der Waals surface area contributed by atoms with Gasteiger partial charge in [-0.05, 0) is 36.4 Å². The minimum Gasteiger partial charge on any atom is -0.293 e. The first-order valence-electron chi connectivity index (χ1n) is 6.58. The van der Waals surface area contributed by atoms with Crippen molar-refractivity contribution >= 4 is 38.4 Å². The van der Waals surface area contributed by atoms with E-state index in [9.17, 15) is 18.0 Å². The second-order valence-electron chi connectivity index (χ2n) is 4.58. The van der Waals surface area contributed by atoms with Crippen LogP contribution in [0.3, 0.4) is 0 Å². The van der Waals surface area contributed by atoms with Gasteiger partial charge in [0.1, 0.15) is 4.90 Å². The summed E-state index contributed by atoms with van der Waals surface area (Å²) in [5.41, 5.74) is 0.757. The molecule has 6 nitrogen and oxygen atoms in total. The molecule has 0 saturated carbocycles. The van der Waals surface area contributed by atoms with Gasteiger partial charge in [-0.25, -0.2) is 8.42 Å². The average Bonchev–Trinajstić information content (AvgIpc) is 2.54. The van der Waals surface area contributed by atoms with E-state index in [1.807, 2.05) is 0 Å². The van der Waals surface area contributed by atoms with Gasteiger partial charge in [0.05, 0.1) is 5.75 Å². The number of ketones is 1. The summed E-state index contributed by atoms with van der Waals surface area (Å²) in [6.07, 6.45) is 2.73. The normalized spacial score (nSPS) is 11.0. The molecule has 2 rings (SSSR count). The summed E-state index contributed by atoms with van der Waals surface area (Å²) >= 11 is 0.939. The molecule has 0 bridgehead atoms. The van der Waals surface area contributed by atoms with Gasteiger partial charge in [-0.1, -0.05) is 11.8 Å². The third-order valence-corrected chi connectivity index (χ3v) is 4.99. The third-order valence-electron chi connectivity index (χ3n) is 2.81. The van der Waals surface area contributed by atoms with Crippen molar-refractivity contribution in [2.24, 2.45) is 0 Å². The summed E-state index contributed by atoms with van der Waals surface area (Å²) < 4.78 is 26.7. The maximum absolute atomic E-state index is 12.1. The molecule has 120 valence electrons. The number of rotatable bonds is 6. The molecular weight excluding hydrogens is 336 g/mol. The second kappa shape index (κ2) is 7.38. The van der Waals surface area contributed by atoms with Gasteiger partial charge in [0.15, 0.2) is 10.9 Å². The zero-order valence-electron chi connectivity index (χ0n) is 12.2. The Labute approximate surface area is 138 Å². The summed E-state index contributed by atoms with van der Waals surface area (Å²) in [7, 11) is -3.71. The van der Waals surface area contributed by atoms with Gasteiger partial charge in [0.2, 0.25) is 0 Å². The molecule has 23 heavy (non-hydrogen) atoms. The van der Waals surface area contributed by atoms with Crippen LogP contribution >= 0.6 is 11.8 Å². The highest BCUT2D eigenvalue weighted by Crippen LogP contribution is 2.17. The van der Waals surface area contributed by atoms with Crippen LogP contribution in [0.15, 0.2) is 53.7 Å². The molecule has 0 radical (unpaired) electrons. The monoisotopic (exact) mass is 350 g/mol. The van der Waals surface area contributed by atoms with E-state index in [-0.39, 0.29) is 21.5 Å². The fraction of sp³-hybridized carbons (Fsp3) is 0.133. The maximum atomic E-state index is 12.1. The second-order valence-corrected chi connectivity index (χ2v) is 7.41. The summed E-state index contributed by atoms with van der Waals surface area (Å²) in [6, 6.07) is 9.00. The molecule has 0 saturated heterocycles. The number of carbonyl (C=O) groups excluding carboxylic acids is 2. The Morgan fingerprint density at radius 1 is 1.17 bits per heavy atom. The number of sulfonamides is 1. The van der Waals surface area contributed by atoms with Gasteiger partial charge in [0, 0.05) is 30.6 Å². The summed E-state index contributed by atoms with van der Waals surface area (Å²) in [5, 5.41) is -0.126. The molecule has 0 atom stereocenters. The van der Waals surface area contributed by atoms with E-state index in [2.05, 4.69) is 9.71 Å². The van der Waals surface area contributed by atoms with Crippen LogP contribution in [0.5, 0.6) is 0 Å². The highest BCUT2D eigenvalue weighted by molar-refractivity contribution is 8.14. The Hall–Kier alpha value is -2.19. The largest absolute Gasteiger partial charge is 0.293 e. The van der Waals surface area contributed by atoms with Crippen LogP contribution in [-0.2, 0) is 14.8 Å². The minimum atomic E-state index is -3.71. The predicted octanol–water partition coefficient (Wildman–Crippen LogP) is 2.34. The van der Waals surface area contributed by atoms with E-state index in [0.717, 1.165) is 11.8 Å². The molecule has 0 aliphatic rings. The van der Waals surface area contributed by atoms with Crippen molar-refractivity contribution in [1.29, 1.82) is 0 Å². The first-order valence-corrected chi connectivity index (χ1v) is 9.05. The van der Waals surface area contributed by atoms with Gasteiger partial charge in [0.25, 0.3) is 10.0 Å². The molecule has 1 N–H and O–H groups in total. The first kappa shape index (κ1) is 17.2. The van der Waals surface area contributed by atoms with Crippen molar-refractivity contribution in [3.63, 3.8) is 0 Å². The van der Waals surface area contributed by atoms with Crippen molar-refractivity contribution in [3.05, 3.63) is 54.4 Å². The van der Waals surface area contributed by atoms with Gasteiger partial charge >= 0.3 is 0 Å². The lowest BCUT2D eigenvalue weighted by molar-refractivity contribution is -0.109. The topological polar surface area (TPSA) is 93.2 Å². The standard InChI is InChI=1S/C15H14N2O4S2/c1-11(18)22-10-15(19)12-4-6-13(7-5-12)17-23(20,21)14-3-2-8-16-9-14/h2-9,17H,10H2,1H3.